The minimum absolute atomic E-state index is 0.0973. The summed E-state index contributed by atoms with van der Waals surface area (Å²) < 4.78 is 26.6. The van der Waals surface area contributed by atoms with Crippen molar-refractivity contribution in [1.29, 1.82) is 0 Å². The Bertz CT molecular complexity index is 839. The van der Waals surface area contributed by atoms with Crippen molar-refractivity contribution in [3.8, 4) is 11.5 Å². The van der Waals surface area contributed by atoms with Gasteiger partial charge in [-0.15, -0.1) is 5.10 Å². The molecule has 8 heteroatoms. The first-order valence-electron chi connectivity index (χ1n) is 6.58. The summed E-state index contributed by atoms with van der Waals surface area (Å²) in [5.74, 6) is -1.57. The molecule has 0 atom stereocenters. The molecule has 116 valence electrons. The molecule has 0 saturated heterocycles. The van der Waals surface area contributed by atoms with Crippen molar-refractivity contribution in [3.05, 3.63) is 59.8 Å². The molecule has 23 heavy (non-hydrogen) atoms. The number of rotatable bonds is 5. The Hall–Kier alpha value is -2.61. The van der Waals surface area contributed by atoms with Crippen molar-refractivity contribution in [2.24, 2.45) is 0 Å². The Morgan fingerprint density at radius 1 is 1.22 bits per heavy atom. The van der Waals surface area contributed by atoms with Crippen LogP contribution in [0.3, 0.4) is 0 Å². The average Bonchev–Trinajstić information content (AvgIpc) is 3.05. The second-order valence-electron chi connectivity index (χ2n) is 4.52. The van der Waals surface area contributed by atoms with E-state index < -0.39 is 17.4 Å². The number of benzene rings is 1. The predicted octanol–water partition coefficient (Wildman–Crippen LogP) is 3.12. The van der Waals surface area contributed by atoms with Gasteiger partial charge >= 0.3 is 0 Å². The first-order chi connectivity index (χ1) is 11.1. The molecule has 0 saturated carbocycles. The molecule has 3 rings (SSSR count). The van der Waals surface area contributed by atoms with Gasteiger partial charge in [-0.2, -0.15) is 4.98 Å². The molecule has 1 aromatic carbocycles. The van der Waals surface area contributed by atoms with Crippen LogP contribution >= 0.6 is 11.8 Å². The summed E-state index contributed by atoms with van der Waals surface area (Å²) in [7, 11) is 0. The molecular weight excluding hydrogens is 322 g/mol. The summed E-state index contributed by atoms with van der Waals surface area (Å²) in [4.78, 5) is 20.3. The van der Waals surface area contributed by atoms with Crippen molar-refractivity contribution in [2.45, 2.75) is 5.16 Å². The van der Waals surface area contributed by atoms with Crippen LogP contribution in [0.25, 0.3) is 11.5 Å². The van der Waals surface area contributed by atoms with Gasteiger partial charge in [0.05, 0.1) is 11.3 Å². The summed E-state index contributed by atoms with van der Waals surface area (Å²) in [6, 6.07) is 8.14. The number of Topliss-reactive ketones (excluding diaryl/α,β-unsaturated/α-hetero) is 1. The quantitative estimate of drug-likeness (QED) is 0.574. The number of carbonyl (C=O) groups excluding carboxylic acids is 1. The Morgan fingerprint density at radius 2 is 2.09 bits per heavy atom. The lowest BCUT2D eigenvalue weighted by Crippen LogP contribution is -2.06. The van der Waals surface area contributed by atoms with Crippen molar-refractivity contribution < 1.29 is 13.6 Å². The molecule has 0 radical (unpaired) electrons. The SMILES string of the molecule is O=C(CSc1n[nH]c(-c2ccccn2)n1)c1cc(F)ccc1F. The zero-order chi connectivity index (χ0) is 16.2. The number of ketones is 1. The van der Waals surface area contributed by atoms with E-state index in [0.29, 0.717) is 16.7 Å². The van der Waals surface area contributed by atoms with E-state index in [4.69, 9.17) is 0 Å². The van der Waals surface area contributed by atoms with Crippen LogP contribution in [0.1, 0.15) is 10.4 Å². The molecule has 0 spiro atoms. The highest BCUT2D eigenvalue weighted by molar-refractivity contribution is 7.99. The van der Waals surface area contributed by atoms with Crippen LogP contribution in [0.4, 0.5) is 8.78 Å². The van der Waals surface area contributed by atoms with E-state index in [-0.39, 0.29) is 11.3 Å². The molecule has 1 N–H and O–H groups in total. The van der Waals surface area contributed by atoms with Gasteiger partial charge in [0.15, 0.2) is 11.6 Å². The monoisotopic (exact) mass is 332 g/mol. The number of H-pyrrole nitrogens is 1. The summed E-state index contributed by atoms with van der Waals surface area (Å²) in [5.41, 5.74) is 0.340. The molecule has 0 bridgehead atoms. The maximum Gasteiger partial charge on any atom is 0.209 e. The Kier molecular flexibility index (Phi) is 4.42. The zero-order valence-electron chi connectivity index (χ0n) is 11.7. The van der Waals surface area contributed by atoms with Crippen LogP contribution in [0, 0.1) is 11.6 Å². The molecule has 2 aromatic heterocycles. The number of hydrogen-bond acceptors (Lipinski definition) is 5. The smallest absolute Gasteiger partial charge is 0.209 e. The molecule has 0 unspecified atom stereocenters. The Morgan fingerprint density at radius 3 is 2.87 bits per heavy atom. The van der Waals surface area contributed by atoms with E-state index in [1.54, 1.807) is 18.3 Å². The second kappa shape index (κ2) is 6.66. The number of thioether (sulfide) groups is 1. The van der Waals surface area contributed by atoms with Crippen molar-refractivity contribution >= 4 is 17.5 Å². The van der Waals surface area contributed by atoms with Crippen LogP contribution in [0.15, 0.2) is 47.8 Å². The fourth-order valence-corrected chi connectivity index (χ4v) is 2.53. The molecule has 3 aromatic rings. The molecule has 0 aliphatic rings. The highest BCUT2D eigenvalue weighted by atomic mass is 32.2. The van der Waals surface area contributed by atoms with Crippen LogP contribution in [-0.4, -0.2) is 31.7 Å². The van der Waals surface area contributed by atoms with Gasteiger partial charge in [-0.25, -0.2) is 8.78 Å². The van der Waals surface area contributed by atoms with E-state index in [0.717, 1.165) is 30.0 Å². The zero-order valence-corrected chi connectivity index (χ0v) is 12.5. The van der Waals surface area contributed by atoms with E-state index >= 15 is 0 Å². The Balaban J connectivity index is 1.68. The lowest BCUT2D eigenvalue weighted by atomic mass is 10.1. The fraction of sp³-hybridized carbons (Fsp3) is 0.0667. The summed E-state index contributed by atoms with van der Waals surface area (Å²) in [5, 5.41) is 7.01. The van der Waals surface area contributed by atoms with E-state index in [9.17, 15) is 13.6 Å². The van der Waals surface area contributed by atoms with Gasteiger partial charge in [0.2, 0.25) is 5.16 Å². The summed E-state index contributed by atoms with van der Waals surface area (Å²) in [6.07, 6.45) is 1.63. The number of aromatic nitrogens is 4. The molecule has 0 aliphatic carbocycles. The van der Waals surface area contributed by atoms with Crippen molar-refractivity contribution in [2.75, 3.05) is 5.75 Å². The molecule has 2 heterocycles. The van der Waals surface area contributed by atoms with Crippen LogP contribution in [0.5, 0.6) is 0 Å². The topological polar surface area (TPSA) is 71.5 Å². The molecule has 0 amide bonds. The third-order valence-electron chi connectivity index (χ3n) is 2.93. The highest BCUT2D eigenvalue weighted by Gasteiger charge is 2.15. The first-order valence-corrected chi connectivity index (χ1v) is 7.57. The third kappa shape index (κ3) is 3.59. The van der Waals surface area contributed by atoms with Gasteiger partial charge in [0.1, 0.15) is 17.3 Å². The fourth-order valence-electron chi connectivity index (χ4n) is 1.85. The van der Waals surface area contributed by atoms with Gasteiger partial charge in [0, 0.05) is 6.20 Å². The van der Waals surface area contributed by atoms with Gasteiger partial charge in [-0.05, 0) is 30.3 Å². The molecule has 0 fully saturated rings. The Labute approximate surface area is 134 Å². The summed E-state index contributed by atoms with van der Waals surface area (Å²) in [6.45, 7) is 0. The number of carbonyl (C=O) groups is 1. The lowest BCUT2D eigenvalue weighted by Gasteiger charge is -2.01. The number of nitrogens with zero attached hydrogens (tertiary/aromatic N) is 3. The predicted molar refractivity (Wildman–Crippen MR) is 81.0 cm³/mol. The van der Waals surface area contributed by atoms with Gasteiger partial charge in [-0.3, -0.25) is 14.9 Å². The maximum atomic E-state index is 13.5. The number of hydrogen-bond donors (Lipinski definition) is 1. The van der Waals surface area contributed by atoms with Crippen molar-refractivity contribution in [3.63, 3.8) is 0 Å². The summed E-state index contributed by atoms with van der Waals surface area (Å²) >= 11 is 1.03. The molecule has 0 aliphatic heterocycles. The number of aromatic amines is 1. The van der Waals surface area contributed by atoms with E-state index in [2.05, 4.69) is 20.2 Å². The van der Waals surface area contributed by atoms with E-state index in [1.165, 1.54) is 0 Å². The van der Waals surface area contributed by atoms with Crippen LogP contribution in [-0.2, 0) is 0 Å². The minimum Gasteiger partial charge on any atom is -0.293 e. The number of halogens is 2. The average molecular weight is 332 g/mol. The van der Waals surface area contributed by atoms with Crippen LogP contribution in [0.2, 0.25) is 0 Å². The maximum absolute atomic E-state index is 13.5. The largest absolute Gasteiger partial charge is 0.293 e. The first kappa shape index (κ1) is 15.3. The van der Waals surface area contributed by atoms with Gasteiger partial charge < -0.3 is 0 Å². The normalized spacial score (nSPS) is 10.7. The second-order valence-corrected chi connectivity index (χ2v) is 5.46. The van der Waals surface area contributed by atoms with Crippen LogP contribution < -0.4 is 0 Å². The number of nitrogens with one attached hydrogen (secondary N) is 1. The highest BCUT2D eigenvalue weighted by Crippen LogP contribution is 2.19. The van der Waals surface area contributed by atoms with Crippen molar-refractivity contribution in [1.82, 2.24) is 20.2 Å². The lowest BCUT2D eigenvalue weighted by molar-refractivity contribution is 0.101. The van der Waals surface area contributed by atoms with E-state index in [1.807, 2.05) is 6.07 Å². The molecule has 5 nitrogen and oxygen atoms in total. The van der Waals surface area contributed by atoms with Gasteiger partial charge in [0.25, 0.3) is 0 Å². The molecular formula is C15H10F2N4OS. The number of pyridine rings is 1. The standard InChI is InChI=1S/C15H10F2N4OS/c16-9-4-5-11(17)10(7-9)13(22)8-23-15-19-14(20-21-15)12-3-1-2-6-18-12/h1-7H,8H2,(H,19,20,21). The minimum atomic E-state index is -0.749. The van der Waals surface area contributed by atoms with Gasteiger partial charge in [-0.1, -0.05) is 17.8 Å². The third-order valence-corrected chi connectivity index (χ3v) is 3.78.